The van der Waals surface area contributed by atoms with Gasteiger partial charge >= 0.3 is 0 Å². The number of hydrogen-bond donors (Lipinski definition) is 3. The van der Waals surface area contributed by atoms with Crippen molar-refractivity contribution in [1.29, 1.82) is 42.0 Å². The topological polar surface area (TPSA) is 281 Å². The second kappa shape index (κ2) is 38.2. The molecule has 0 saturated heterocycles. The van der Waals surface area contributed by atoms with Crippen LogP contribution in [0.4, 0.5) is 5.69 Å². The molecule has 0 radical (unpaired) electrons. The second-order valence-electron chi connectivity index (χ2n) is 8.22. The zero-order chi connectivity index (χ0) is 40.2. The minimum absolute atomic E-state index is 0. The molecule has 16 heteroatoms. The largest absolute Gasteiger partial charge is 0.366 e. The van der Waals surface area contributed by atoms with Crippen LogP contribution >= 0.6 is 32.2 Å². The first-order valence-corrected chi connectivity index (χ1v) is 15.0. The van der Waals surface area contributed by atoms with Crippen molar-refractivity contribution in [2.75, 3.05) is 5.88 Å². The van der Waals surface area contributed by atoms with Crippen LogP contribution in [0.1, 0.15) is 64.2 Å². The molecule has 0 unspecified atom stereocenters. The van der Waals surface area contributed by atoms with E-state index in [9.17, 15) is 9.59 Å². The number of alkyl halides is 1. The van der Waals surface area contributed by atoms with Crippen molar-refractivity contribution in [2.24, 2.45) is 11.5 Å². The van der Waals surface area contributed by atoms with Crippen LogP contribution < -0.4 is 11.5 Å². The monoisotopic (exact) mass is 777 g/mol. The molecule has 0 aliphatic carbocycles. The van der Waals surface area contributed by atoms with E-state index in [4.69, 9.17) is 83.2 Å². The maximum Gasteiger partial charge on any atom is 0.250 e. The highest BCUT2D eigenvalue weighted by Gasteiger charge is 2.04. The van der Waals surface area contributed by atoms with E-state index in [1.54, 1.807) is 103 Å². The first-order valence-electron chi connectivity index (χ1n) is 13.6. The minimum Gasteiger partial charge on any atom is -0.366 e. The van der Waals surface area contributed by atoms with Crippen LogP contribution in [0, 0.1) is 91.1 Å². The highest BCUT2D eigenvalue weighted by Crippen LogP contribution is 2.13. The molecule has 0 atom stereocenters. The summed E-state index contributed by atoms with van der Waals surface area (Å²) in [5.41, 5.74) is 12.9. The molecule has 0 saturated carbocycles. The summed E-state index contributed by atoms with van der Waals surface area (Å²) in [6, 6.07) is 38.9. The SMILES string of the molecule is C.C.N#CCC#N.N#CCCl.N#Cc1ccc(Cl)cc1.N#Cc1ccccc1C#N.N#Cc1ccccc1C(N)=O.N=P.[C-]#[N+]c1cccc(C(N)=O)c1. The van der Waals surface area contributed by atoms with Gasteiger partial charge in [0.25, 0.3) is 0 Å². The lowest BCUT2D eigenvalue weighted by Crippen LogP contribution is -2.12. The maximum absolute atomic E-state index is 10.7. The molecule has 272 valence electrons. The van der Waals surface area contributed by atoms with Gasteiger partial charge in [0.15, 0.2) is 5.69 Å². The Morgan fingerprint density at radius 1 is 0.667 bits per heavy atom. The summed E-state index contributed by atoms with van der Waals surface area (Å²) in [5.74, 6) is -0.974. The van der Waals surface area contributed by atoms with E-state index in [0.29, 0.717) is 38.5 Å². The number of benzene rings is 4. The lowest BCUT2D eigenvalue weighted by molar-refractivity contribution is 0.0991. The number of primary amides is 2. The smallest absolute Gasteiger partial charge is 0.250 e. The standard InChI is InChI=1S/2C8H6N2O.C8H4N2.C7H4ClN.C3H2N2.C2H2ClN.2CH4.H2NP/c1-10-7-4-2-3-6(5-7)8(9)11;9-5-6-3-1-2-4-7(6)8(10)11;9-5-7-3-1-2-4-8(7)6-10;8-7-3-1-6(5-9)2-4-7;4-2-1-3-5;3-1-2-4;;;1-2/h2-5H,(H2,9,11);1-4H,(H2,10,11);1-4H;1-4H;1H2;1H2;2*1H4;1-2H. The quantitative estimate of drug-likeness (QED) is 0.0992. The molecule has 0 aliphatic rings. The number of rotatable bonds is 2. The predicted octanol–water partition coefficient (Wildman–Crippen LogP) is 8.97. The Kier molecular flexibility index (Phi) is 39.5. The number of nitrogens with one attached hydrogen (secondary N) is 1. The molecule has 4 aromatic carbocycles. The summed E-state index contributed by atoms with van der Waals surface area (Å²) >= 11 is 10.4. The van der Waals surface area contributed by atoms with E-state index in [0.717, 1.165) is 0 Å². The summed E-state index contributed by atoms with van der Waals surface area (Å²) in [6.07, 6.45) is 0. The number of carbonyl (C=O) groups is 2. The van der Waals surface area contributed by atoms with Gasteiger partial charge in [0.1, 0.15) is 24.4 Å². The maximum atomic E-state index is 10.7. The van der Waals surface area contributed by atoms with Crippen LogP contribution in [0.5, 0.6) is 0 Å². The lowest BCUT2D eigenvalue weighted by Gasteiger charge is -1.95. The number of nitrogens with two attached hydrogens (primary N) is 2. The molecule has 13 nitrogen and oxygen atoms in total. The van der Waals surface area contributed by atoms with Gasteiger partial charge in [-0.2, -0.15) is 36.8 Å². The molecule has 0 bridgehead atoms. The Balaban J connectivity index is -0.000000180. The van der Waals surface area contributed by atoms with E-state index in [1.807, 2.05) is 24.3 Å². The Morgan fingerprint density at radius 2 is 1.11 bits per heavy atom. The molecule has 54 heavy (non-hydrogen) atoms. The van der Waals surface area contributed by atoms with Crippen LogP contribution in [0.2, 0.25) is 5.02 Å². The fraction of sp³-hybridized carbons (Fsp3) is 0.105. The molecule has 0 fully saturated rings. The van der Waals surface area contributed by atoms with Gasteiger partial charge in [-0.15, -0.1) is 11.6 Å². The number of carbonyl (C=O) groups excluding carboxylic acids is 2. The average molecular weight is 779 g/mol. The molecule has 5 N–H and O–H groups in total. The van der Waals surface area contributed by atoms with Gasteiger partial charge in [0.05, 0.1) is 64.7 Å². The average Bonchev–Trinajstić information content (AvgIpc) is 3.20. The summed E-state index contributed by atoms with van der Waals surface area (Å²) < 4.78 is 0. The van der Waals surface area contributed by atoms with Crippen molar-refractivity contribution in [3.05, 3.63) is 147 Å². The van der Waals surface area contributed by atoms with Crippen LogP contribution in [0.3, 0.4) is 0 Å². The predicted molar refractivity (Wildman–Crippen MR) is 210 cm³/mol. The van der Waals surface area contributed by atoms with Gasteiger partial charge in [-0.1, -0.05) is 68.9 Å². The fourth-order valence-corrected chi connectivity index (χ4v) is 2.89. The highest BCUT2D eigenvalue weighted by atomic mass is 35.5. The third-order valence-corrected chi connectivity index (χ3v) is 5.30. The van der Waals surface area contributed by atoms with Gasteiger partial charge in [0, 0.05) is 10.6 Å². The van der Waals surface area contributed by atoms with Crippen molar-refractivity contribution in [3.63, 3.8) is 0 Å². The molecule has 2 amide bonds. The van der Waals surface area contributed by atoms with Crippen LogP contribution in [-0.2, 0) is 0 Å². The number of halogens is 2. The van der Waals surface area contributed by atoms with E-state index < -0.39 is 11.8 Å². The summed E-state index contributed by atoms with van der Waals surface area (Å²) in [4.78, 5) is 24.4. The molecule has 4 rings (SSSR count). The Bertz CT molecular complexity index is 2030. The van der Waals surface area contributed by atoms with Gasteiger partial charge < -0.3 is 11.5 Å². The number of nitrogens with zero attached hydrogens (tertiary/aromatic N) is 8. The molecule has 0 spiro atoms. The summed E-state index contributed by atoms with van der Waals surface area (Å²) in [7, 11) is 2.22. The van der Waals surface area contributed by atoms with Crippen molar-refractivity contribution in [1.82, 2.24) is 0 Å². The molecule has 0 aliphatic heterocycles. The first-order chi connectivity index (χ1) is 25.0. The van der Waals surface area contributed by atoms with Crippen molar-refractivity contribution in [2.45, 2.75) is 21.3 Å². The second-order valence-corrected chi connectivity index (χ2v) is 8.92. The number of amides is 2. The van der Waals surface area contributed by atoms with Gasteiger partial charge in [-0.05, 0) is 63.6 Å². The summed E-state index contributed by atoms with van der Waals surface area (Å²) in [6.45, 7) is 6.65. The molecular formula is C38H34Cl2N11O2P. The zero-order valence-corrected chi connectivity index (χ0v) is 29.5. The third-order valence-electron chi connectivity index (χ3n) is 4.93. The van der Waals surface area contributed by atoms with Crippen molar-refractivity contribution in [3.8, 4) is 42.5 Å². The number of hydrogen-bond acceptors (Lipinski definition) is 10. The van der Waals surface area contributed by atoms with E-state index in [1.165, 1.54) is 12.1 Å². The lowest BCUT2D eigenvalue weighted by atomic mass is 10.1. The number of nitriles is 7. The highest BCUT2D eigenvalue weighted by molar-refractivity contribution is 7.02. The van der Waals surface area contributed by atoms with Crippen LogP contribution in [0.15, 0.2) is 97.1 Å². The minimum atomic E-state index is -0.567. The molecular weight excluding hydrogens is 744 g/mol. The van der Waals surface area contributed by atoms with Gasteiger partial charge in [-0.3, -0.25) is 14.8 Å². The fourth-order valence-electron chi connectivity index (χ4n) is 2.76. The Morgan fingerprint density at radius 3 is 1.43 bits per heavy atom. The van der Waals surface area contributed by atoms with Gasteiger partial charge in [-0.25, -0.2) is 4.85 Å². The summed E-state index contributed by atoms with van der Waals surface area (Å²) in [5, 5.41) is 62.6. The van der Waals surface area contributed by atoms with Crippen LogP contribution in [-0.4, -0.2) is 17.7 Å². The zero-order valence-electron chi connectivity index (χ0n) is 27.0. The first kappa shape index (κ1) is 55.8. The normalized spacial score (nSPS) is 7.22. The Labute approximate surface area is 328 Å². The van der Waals surface area contributed by atoms with Gasteiger partial charge in [0.2, 0.25) is 11.8 Å². The van der Waals surface area contributed by atoms with Crippen molar-refractivity contribution < 1.29 is 9.59 Å². The van der Waals surface area contributed by atoms with E-state index in [-0.39, 0.29) is 32.7 Å². The molecule has 0 heterocycles. The van der Waals surface area contributed by atoms with E-state index in [2.05, 4.69) is 13.9 Å². The molecule has 0 aromatic heterocycles. The Hall–Kier alpha value is -7.58. The van der Waals surface area contributed by atoms with Crippen LogP contribution in [0.25, 0.3) is 4.85 Å². The van der Waals surface area contributed by atoms with Crippen molar-refractivity contribution >= 4 is 49.7 Å². The van der Waals surface area contributed by atoms with E-state index >= 15 is 0 Å². The third kappa shape index (κ3) is 27.3. The molecule has 4 aromatic rings.